The summed E-state index contributed by atoms with van der Waals surface area (Å²) in [5.41, 5.74) is 2.55. The molecular formula is C22H25N3O4. The highest BCUT2D eigenvalue weighted by Gasteiger charge is 2.24. The van der Waals surface area contributed by atoms with Crippen molar-refractivity contribution in [3.8, 4) is 11.5 Å². The Balaban J connectivity index is 1.28. The summed E-state index contributed by atoms with van der Waals surface area (Å²) >= 11 is 0. The van der Waals surface area contributed by atoms with Crippen molar-refractivity contribution in [2.75, 3.05) is 51.3 Å². The van der Waals surface area contributed by atoms with Crippen molar-refractivity contribution in [2.45, 2.75) is 6.92 Å². The number of fused-ring (bicyclic) bond motifs is 1. The van der Waals surface area contributed by atoms with Crippen LogP contribution in [0.25, 0.3) is 0 Å². The minimum Gasteiger partial charge on any atom is -0.486 e. The van der Waals surface area contributed by atoms with E-state index in [4.69, 9.17) is 9.47 Å². The van der Waals surface area contributed by atoms with E-state index >= 15 is 0 Å². The number of hydrogen-bond acceptors (Lipinski definition) is 5. The van der Waals surface area contributed by atoms with E-state index in [1.807, 2.05) is 36.1 Å². The van der Waals surface area contributed by atoms with Gasteiger partial charge in [0.25, 0.3) is 5.91 Å². The van der Waals surface area contributed by atoms with Gasteiger partial charge in [-0.3, -0.25) is 14.5 Å². The van der Waals surface area contributed by atoms with E-state index in [-0.39, 0.29) is 11.8 Å². The topological polar surface area (TPSA) is 71.1 Å². The number of carbonyl (C=O) groups excluding carboxylic acids is 2. The molecule has 0 aliphatic carbocycles. The molecule has 7 heteroatoms. The van der Waals surface area contributed by atoms with E-state index in [9.17, 15) is 9.59 Å². The molecule has 2 amide bonds. The Kier molecular flexibility index (Phi) is 5.67. The normalized spacial score (nSPS) is 16.4. The number of rotatable bonds is 4. The number of nitrogens with zero attached hydrogens (tertiary/aromatic N) is 2. The number of hydrogen-bond donors (Lipinski definition) is 1. The van der Waals surface area contributed by atoms with Crippen LogP contribution >= 0.6 is 0 Å². The van der Waals surface area contributed by atoms with E-state index < -0.39 is 0 Å². The quantitative estimate of drug-likeness (QED) is 0.859. The zero-order valence-corrected chi connectivity index (χ0v) is 16.5. The van der Waals surface area contributed by atoms with Crippen molar-refractivity contribution in [3.63, 3.8) is 0 Å². The fourth-order valence-corrected chi connectivity index (χ4v) is 3.51. The van der Waals surface area contributed by atoms with Crippen LogP contribution in [-0.2, 0) is 4.79 Å². The van der Waals surface area contributed by atoms with E-state index in [0.717, 1.165) is 11.3 Å². The zero-order chi connectivity index (χ0) is 20.2. The number of ether oxygens (including phenoxy) is 2. The average Bonchev–Trinajstić information content (AvgIpc) is 2.75. The highest BCUT2D eigenvalue weighted by molar-refractivity contribution is 5.95. The fraction of sp³-hybridized carbons (Fsp3) is 0.364. The molecule has 152 valence electrons. The lowest BCUT2D eigenvalue weighted by Crippen LogP contribution is -2.50. The first-order chi connectivity index (χ1) is 14.1. The summed E-state index contributed by atoms with van der Waals surface area (Å²) in [6, 6.07) is 13.0. The molecule has 0 saturated carbocycles. The molecular weight excluding hydrogens is 370 g/mol. The summed E-state index contributed by atoms with van der Waals surface area (Å²) in [6.07, 6.45) is 0. The van der Waals surface area contributed by atoms with E-state index in [1.54, 1.807) is 18.2 Å². The van der Waals surface area contributed by atoms with Crippen molar-refractivity contribution in [1.29, 1.82) is 0 Å². The summed E-state index contributed by atoms with van der Waals surface area (Å²) in [6.45, 7) is 5.86. The summed E-state index contributed by atoms with van der Waals surface area (Å²) < 4.78 is 11.1. The predicted molar refractivity (Wildman–Crippen MR) is 110 cm³/mol. The summed E-state index contributed by atoms with van der Waals surface area (Å²) in [5.74, 6) is 1.23. The van der Waals surface area contributed by atoms with Gasteiger partial charge in [-0.2, -0.15) is 0 Å². The Hall–Kier alpha value is -3.06. The number of anilines is 1. The molecule has 0 unspecified atom stereocenters. The smallest absolute Gasteiger partial charge is 0.254 e. The second-order valence-corrected chi connectivity index (χ2v) is 7.34. The summed E-state index contributed by atoms with van der Waals surface area (Å²) in [7, 11) is 0. The van der Waals surface area contributed by atoms with Crippen LogP contribution in [0.4, 0.5) is 5.69 Å². The third kappa shape index (κ3) is 4.68. The maximum absolute atomic E-state index is 12.8. The lowest BCUT2D eigenvalue weighted by Gasteiger charge is -2.34. The largest absolute Gasteiger partial charge is 0.486 e. The molecule has 0 aromatic heterocycles. The number of carbonyl (C=O) groups is 2. The monoisotopic (exact) mass is 395 g/mol. The maximum Gasteiger partial charge on any atom is 0.254 e. The second kappa shape index (κ2) is 8.53. The Labute approximate surface area is 170 Å². The molecule has 1 fully saturated rings. The van der Waals surface area contributed by atoms with E-state index in [2.05, 4.69) is 10.2 Å². The Morgan fingerprint density at radius 1 is 0.931 bits per heavy atom. The zero-order valence-electron chi connectivity index (χ0n) is 16.5. The SMILES string of the molecule is Cc1ccc(NC(=O)CN2CCN(C(=O)c3ccc4c(c3)OCCO4)CC2)cc1. The van der Waals surface area contributed by atoms with Crippen molar-refractivity contribution >= 4 is 17.5 Å². The number of amides is 2. The van der Waals surface area contributed by atoms with Crippen molar-refractivity contribution in [3.05, 3.63) is 53.6 Å². The predicted octanol–water partition coefficient (Wildman–Crippen LogP) is 2.16. The Morgan fingerprint density at radius 3 is 2.34 bits per heavy atom. The summed E-state index contributed by atoms with van der Waals surface area (Å²) in [5, 5.41) is 2.92. The van der Waals surface area contributed by atoms with Crippen molar-refractivity contribution in [1.82, 2.24) is 9.80 Å². The van der Waals surface area contributed by atoms with Crippen molar-refractivity contribution < 1.29 is 19.1 Å². The first kappa shape index (κ1) is 19.3. The highest BCUT2D eigenvalue weighted by Crippen LogP contribution is 2.31. The fourth-order valence-electron chi connectivity index (χ4n) is 3.51. The van der Waals surface area contributed by atoms with Gasteiger partial charge in [0.1, 0.15) is 13.2 Å². The molecule has 1 saturated heterocycles. The molecule has 2 aromatic rings. The van der Waals surface area contributed by atoms with Gasteiger partial charge in [-0.05, 0) is 37.3 Å². The van der Waals surface area contributed by atoms with Gasteiger partial charge in [0, 0.05) is 37.4 Å². The van der Waals surface area contributed by atoms with Crippen LogP contribution in [0.2, 0.25) is 0 Å². The van der Waals surface area contributed by atoms with Crippen LogP contribution in [-0.4, -0.2) is 67.6 Å². The standard InChI is InChI=1S/C22H25N3O4/c1-16-2-5-18(6-3-16)23-21(26)15-24-8-10-25(11-9-24)22(27)17-4-7-19-20(14-17)29-13-12-28-19/h2-7,14H,8-13,15H2,1H3,(H,23,26). The summed E-state index contributed by atoms with van der Waals surface area (Å²) in [4.78, 5) is 29.0. The van der Waals surface area contributed by atoms with Crippen molar-refractivity contribution in [2.24, 2.45) is 0 Å². The van der Waals surface area contributed by atoms with Gasteiger partial charge in [-0.1, -0.05) is 17.7 Å². The van der Waals surface area contributed by atoms with E-state index in [0.29, 0.717) is 63.0 Å². The number of piperazine rings is 1. The van der Waals surface area contributed by atoms with Gasteiger partial charge in [0.2, 0.25) is 5.91 Å². The molecule has 0 spiro atoms. The Morgan fingerprint density at radius 2 is 1.62 bits per heavy atom. The minimum atomic E-state index is -0.0412. The van der Waals surface area contributed by atoms with Gasteiger partial charge in [0.05, 0.1) is 6.54 Å². The molecule has 0 atom stereocenters. The number of nitrogens with one attached hydrogen (secondary N) is 1. The molecule has 29 heavy (non-hydrogen) atoms. The first-order valence-electron chi connectivity index (χ1n) is 9.86. The molecule has 2 aliphatic rings. The third-order valence-electron chi connectivity index (χ3n) is 5.15. The van der Waals surface area contributed by atoms with Crippen LogP contribution in [0.15, 0.2) is 42.5 Å². The maximum atomic E-state index is 12.8. The highest BCUT2D eigenvalue weighted by atomic mass is 16.6. The molecule has 4 rings (SSSR count). The first-order valence-corrected chi connectivity index (χ1v) is 9.86. The van der Waals surface area contributed by atoms with Gasteiger partial charge < -0.3 is 19.7 Å². The molecule has 2 aromatic carbocycles. The minimum absolute atomic E-state index is 0.0225. The van der Waals surface area contributed by atoms with Gasteiger partial charge in [0.15, 0.2) is 11.5 Å². The molecule has 2 heterocycles. The third-order valence-corrected chi connectivity index (χ3v) is 5.15. The van der Waals surface area contributed by atoms with Crippen LogP contribution in [0.1, 0.15) is 15.9 Å². The number of benzene rings is 2. The average molecular weight is 395 g/mol. The van der Waals surface area contributed by atoms with E-state index in [1.165, 1.54) is 0 Å². The molecule has 0 radical (unpaired) electrons. The molecule has 0 bridgehead atoms. The second-order valence-electron chi connectivity index (χ2n) is 7.34. The molecule has 7 nitrogen and oxygen atoms in total. The van der Waals surface area contributed by atoms with Crippen LogP contribution < -0.4 is 14.8 Å². The van der Waals surface area contributed by atoms with Crippen LogP contribution in [0, 0.1) is 6.92 Å². The van der Waals surface area contributed by atoms with Gasteiger partial charge in [-0.25, -0.2) is 0 Å². The van der Waals surface area contributed by atoms with Crippen LogP contribution in [0.5, 0.6) is 11.5 Å². The Bertz CT molecular complexity index is 889. The van der Waals surface area contributed by atoms with Gasteiger partial charge >= 0.3 is 0 Å². The number of aryl methyl sites for hydroxylation is 1. The lowest BCUT2D eigenvalue weighted by molar-refractivity contribution is -0.117. The lowest BCUT2D eigenvalue weighted by atomic mass is 10.1. The van der Waals surface area contributed by atoms with Crippen LogP contribution in [0.3, 0.4) is 0 Å². The van der Waals surface area contributed by atoms with Gasteiger partial charge in [-0.15, -0.1) is 0 Å². The molecule has 1 N–H and O–H groups in total. The molecule has 2 aliphatic heterocycles.